The highest BCUT2D eigenvalue weighted by atomic mass is 35.5. The fraction of sp³-hybridized carbons (Fsp3) is 0.314. The van der Waals surface area contributed by atoms with Crippen LogP contribution in [0, 0.1) is 10.7 Å². The number of carbonyl (C=O) groups excluding carboxylic acids is 2. The van der Waals surface area contributed by atoms with Crippen molar-refractivity contribution in [1.29, 1.82) is 5.26 Å². The molecule has 252 valence electrons. The quantitative estimate of drug-likeness (QED) is 0.0985. The van der Waals surface area contributed by atoms with Gasteiger partial charge in [0.2, 0.25) is 0 Å². The van der Waals surface area contributed by atoms with Gasteiger partial charge in [0.1, 0.15) is 27.6 Å². The van der Waals surface area contributed by atoms with Gasteiger partial charge >= 0.3 is 0 Å². The number of aromatic nitrogens is 2. The van der Waals surface area contributed by atoms with Crippen LogP contribution in [0.15, 0.2) is 64.3 Å². The number of rotatable bonds is 12. The Morgan fingerprint density at radius 3 is 2.25 bits per heavy atom. The van der Waals surface area contributed by atoms with Gasteiger partial charge in [-0.15, -0.1) is 0 Å². The van der Waals surface area contributed by atoms with E-state index in [0.29, 0.717) is 23.2 Å². The number of hydrogen-bond donors (Lipinski definition) is 3. The summed E-state index contributed by atoms with van der Waals surface area (Å²) in [5.74, 6) is -0.406. The van der Waals surface area contributed by atoms with Gasteiger partial charge < -0.3 is 15.4 Å². The molecule has 1 heterocycles. The smallest absolute Gasteiger partial charge is 0.288 e. The van der Waals surface area contributed by atoms with Crippen molar-refractivity contribution < 1.29 is 14.3 Å². The third-order valence-electron chi connectivity index (χ3n) is 8.46. The van der Waals surface area contributed by atoms with Crippen molar-refractivity contribution in [2.24, 2.45) is 0 Å². The van der Waals surface area contributed by atoms with Crippen LogP contribution in [0.2, 0.25) is 15.1 Å². The number of thiocyanates is 1. The zero-order chi connectivity index (χ0) is 35.4. The van der Waals surface area contributed by atoms with E-state index in [1.165, 1.54) is 23.8 Å². The van der Waals surface area contributed by atoms with Crippen molar-refractivity contribution in [3.05, 3.63) is 96.7 Å². The minimum Gasteiger partial charge on any atom is -0.483 e. The van der Waals surface area contributed by atoms with Crippen molar-refractivity contribution in [1.82, 2.24) is 9.78 Å². The number of anilines is 2. The second kappa shape index (κ2) is 15.1. The second-order valence-electron chi connectivity index (χ2n) is 12.4. The molecule has 4 aromatic rings. The molecule has 0 bridgehead atoms. The van der Waals surface area contributed by atoms with E-state index in [0.717, 1.165) is 23.1 Å². The van der Waals surface area contributed by atoms with Crippen LogP contribution in [-0.4, -0.2) is 28.2 Å². The van der Waals surface area contributed by atoms with Crippen LogP contribution in [0.4, 0.5) is 11.5 Å². The fourth-order valence-electron chi connectivity index (χ4n) is 4.82. The number of benzene rings is 3. The molecule has 48 heavy (non-hydrogen) atoms. The number of H-pyrrole nitrogens is 1. The van der Waals surface area contributed by atoms with E-state index < -0.39 is 17.4 Å². The predicted molar refractivity (Wildman–Crippen MR) is 194 cm³/mol. The molecule has 0 aliphatic carbocycles. The number of nitriles is 1. The number of ether oxygens (including phenoxy) is 1. The Hall–Kier alpha value is -3.88. The SMILES string of the molecule is CCC(C)(C)c1ccc(OCC(=O)Nc2cccc(C(=O)Nc3[nH]n(-c4c(Cl)cc(Cl)cc4Cl)c(=O)c3SC#N)c2)c(C(C)(C)CC)c1. The van der Waals surface area contributed by atoms with Crippen molar-refractivity contribution in [3.63, 3.8) is 0 Å². The van der Waals surface area contributed by atoms with Gasteiger partial charge in [-0.3, -0.25) is 19.5 Å². The van der Waals surface area contributed by atoms with E-state index in [9.17, 15) is 19.6 Å². The largest absolute Gasteiger partial charge is 0.483 e. The van der Waals surface area contributed by atoms with E-state index in [-0.39, 0.29) is 54.5 Å². The number of amides is 2. The van der Waals surface area contributed by atoms with E-state index in [2.05, 4.69) is 69.4 Å². The van der Waals surface area contributed by atoms with Crippen molar-refractivity contribution >= 4 is 69.9 Å². The molecular formula is C35H36Cl3N5O4S. The second-order valence-corrected chi connectivity index (χ2v) is 14.5. The number of nitrogens with one attached hydrogen (secondary N) is 3. The van der Waals surface area contributed by atoms with Crippen LogP contribution in [0.5, 0.6) is 5.75 Å². The third-order valence-corrected chi connectivity index (χ3v) is 9.93. The highest BCUT2D eigenvalue weighted by Crippen LogP contribution is 2.38. The molecule has 0 saturated heterocycles. The summed E-state index contributed by atoms with van der Waals surface area (Å²) in [6, 6.07) is 15.3. The van der Waals surface area contributed by atoms with Crippen molar-refractivity contribution in [2.45, 2.75) is 70.1 Å². The van der Waals surface area contributed by atoms with Crippen molar-refractivity contribution in [2.75, 3.05) is 17.2 Å². The van der Waals surface area contributed by atoms with Crippen LogP contribution < -0.4 is 20.9 Å². The molecule has 0 atom stereocenters. The van der Waals surface area contributed by atoms with Gasteiger partial charge in [0.25, 0.3) is 17.4 Å². The third kappa shape index (κ3) is 8.21. The van der Waals surface area contributed by atoms with E-state index in [1.54, 1.807) is 18.2 Å². The molecule has 2 amide bonds. The zero-order valence-electron chi connectivity index (χ0n) is 27.4. The number of halogens is 3. The van der Waals surface area contributed by atoms with Crippen LogP contribution >= 0.6 is 46.6 Å². The molecule has 9 nitrogen and oxygen atoms in total. The normalized spacial score (nSPS) is 11.6. The maximum atomic E-state index is 13.3. The summed E-state index contributed by atoms with van der Waals surface area (Å²) < 4.78 is 7.07. The molecule has 0 fully saturated rings. The first-order valence-electron chi connectivity index (χ1n) is 15.2. The first-order valence-corrected chi connectivity index (χ1v) is 17.1. The Morgan fingerprint density at radius 1 is 0.958 bits per heavy atom. The summed E-state index contributed by atoms with van der Waals surface area (Å²) in [7, 11) is 0. The van der Waals surface area contributed by atoms with Gasteiger partial charge in [0, 0.05) is 21.8 Å². The Bertz CT molecular complexity index is 1940. The molecule has 4 rings (SSSR count). The summed E-state index contributed by atoms with van der Waals surface area (Å²) in [6.07, 6.45) is 1.87. The molecule has 0 spiro atoms. The lowest BCUT2D eigenvalue weighted by Gasteiger charge is -2.30. The maximum Gasteiger partial charge on any atom is 0.288 e. The summed E-state index contributed by atoms with van der Waals surface area (Å²) >= 11 is 19.2. The number of hydrogen-bond acceptors (Lipinski definition) is 6. The Labute approximate surface area is 298 Å². The number of nitrogens with zero attached hydrogens (tertiary/aromatic N) is 2. The minimum atomic E-state index is -0.654. The molecule has 0 aliphatic rings. The van der Waals surface area contributed by atoms with Gasteiger partial charge in [0.05, 0.1) is 10.0 Å². The topological polar surface area (TPSA) is 129 Å². The summed E-state index contributed by atoms with van der Waals surface area (Å²) in [4.78, 5) is 39.4. The van der Waals surface area contributed by atoms with Gasteiger partial charge in [-0.2, -0.15) is 5.26 Å². The standard InChI is InChI=1S/C35H36Cl3N5O4S/c1-7-34(3,4)21-12-13-27(24(15-21)35(5,6)8-2)47-18-28(44)40-23-11-9-10-20(14-23)32(45)41-31-30(48-19-39)33(46)43(42-31)29-25(37)16-22(36)17-26(29)38/h9-17,42H,7-8,18H2,1-6H3,(H,40,44)(H,41,45). The zero-order valence-corrected chi connectivity index (χ0v) is 30.5. The summed E-state index contributed by atoms with van der Waals surface area (Å²) in [5.41, 5.74) is 2.07. The molecule has 0 unspecified atom stereocenters. The molecule has 13 heteroatoms. The van der Waals surface area contributed by atoms with Crippen molar-refractivity contribution in [3.8, 4) is 16.8 Å². The van der Waals surface area contributed by atoms with Gasteiger partial charge in [0.15, 0.2) is 6.61 Å². The van der Waals surface area contributed by atoms with E-state index in [1.807, 2.05) is 11.5 Å². The van der Waals surface area contributed by atoms with E-state index in [4.69, 9.17) is 39.5 Å². The summed E-state index contributed by atoms with van der Waals surface area (Å²) in [6.45, 7) is 12.8. The lowest BCUT2D eigenvalue weighted by molar-refractivity contribution is -0.118. The molecule has 1 aromatic heterocycles. The molecular weight excluding hydrogens is 693 g/mol. The summed E-state index contributed by atoms with van der Waals surface area (Å²) in [5, 5.41) is 19.8. The first-order chi connectivity index (χ1) is 22.6. The molecule has 3 aromatic carbocycles. The van der Waals surface area contributed by atoms with E-state index >= 15 is 0 Å². The first kappa shape index (κ1) is 36.9. The Balaban J connectivity index is 1.51. The van der Waals surface area contributed by atoms with Gasteiger partial charge in [-0.05, 0) is 77.4 Å². The van der Waals surface area contributed by atoms with Crippen LogP contribution in [-0.2, 0) is 15.6 Å². The molecule has 0 aliphatic heterocycles. The average molecular weight is 729 g/mol. The van der Waals surface area contributed by atoms with Gasteiger partial charge in [-0.1, -0.05) is 94.5 Å². The number of carbonyl (C=O) groups is 2. The molecule has 0 saturated carbocycles. The molecule has 0 radical (unpaired) electrons. The monoisotopic (exact) mass is 727 g/mol. The minimum absolute atomic E-state index is 0.000669. The fourth-order valence-corrected chi connectivity index (χ4v) is 6.27. The maximum absolute atomic E-state index is 13.3. The molecule has 3 N–H and O–H groups in total. The Kier molecular flexibility index (Phi) is 11.6. The highest BCUT2D eigenvalue weighted by Gasteiger charge is 2.27. The van der Waals surface area contributed by atoms with Gasteiger partial charge in [-0.25, -0.2) is 4.68 Å². The van der Waals surface area contributed by atoms with Crippen LogP contribution in [0.25, 0.3) is 5.69 Å². The van der Waals surface area contributed by atoms with Crippen LogP contribution in [0.3, 0.4) is 0 Å². The van der Waals surface area contributed by atoms with Crippen LogP contribution in [0.1, 0.15) is 75.9 Å². The lowest BCUT2D eigenvalue weighted by Crippen LogP contribution is -2.24. The number of thioether (sulfide) groups is 1. The average Bonchev–Trinajstić information content (AvgIpc) is 3.33. The lowest BCUT2D eigenvalue weighted by atomic mass is 9.76. The Morgan fingerprint density at radius 2 is 1.62 bits per heavy atom. The highest BCUT2D eigenvalue weighted by molar-refractivity contribution is 8.03. The predicted octanol–water partition coefficient (Wildman–Crippen LogP) is 9.34. The number of aromatic amines is 1.